The Morgan fingerprint density at radius 2 is 0.919 bits per heavy atom. The van der Waals surface area contributed by atoms with E-state index in [2.05, 4.69) is 35.3 Å². The molecule has 1 aromatic heterocycles. The van der Waals surface area contributed by atoms with E-state index in [0.717, 1.165) is 98.1 Å². The number of esters is 1. The van der Waals surface area contributed by atoms with Crippen molar-refractivity contribution in [3.63, 3.8) is 0 Å². The van der Waals surface area contributed by atoms with Crippen LogP contribution in [0.2, 0.25) is 0 Å². The number of hydrogen-bond acceptors (Lipinski definition) is 7. The minimum absolute atomic E-state index is 0.172. The quantitative estimate of drug-likeness (QED) is 0.0289. The smallest absolute Gasteiger partial charge is 0.328 e. The first-order valence-electron chi connectivity index (χ1n) is 23.0. The van der Waals surface area contributed by atoms with Crippen LogP contribution >= 0.6 is 0 Å². The van der Waals surface area contributed by atoms with Gasteiger partial charge in [0.1, 0.15) is 17.2 Å². The summed E-state index contributed by atoms with van der Waals surface area (Å²) in [5.41, 5.74) is 4.95. The lowest BCUT2D eigenvalue weighted by molar-refractivity contribution is -0.134. The van der Waals surface area contributed by atoms with E-state index in [4.69, 9.17) is 19.5 Å². The zero-order chi connectivity index (χ0) is 43.6. The highest BCUT2D eigenvalue weighted by molar-refractivity contribution is 5.73. The summed E-state index contributed by atoms with van der Waals surface area (Å²) < 4.78 is 19.1. The van der Waals surface area contributed by atoms with E-state index in [9.17, 15) is 14.4 Å². The van der Waals surface area contributed by atoms with Crippen molar-refractivity contribution in [2.75, 3.05) is 13.2 Å². The summed E-state index contributed by atoms with van der Waals surface area (Å²) in [5.74, 6) is 2.17. The number of nitrogens with zero attached hydrogens (tertiary/aromatic N) is 2. The number of nitriles is 1. The first-order chi connectivity index (χ1) is 30.4. The van der Waals surface area contributed by atoms with E-state index in [1.165, 1.54) is 57.8 Å². The molecule has 1 heterocycles. The first-order valence-corrected chi connectivity index (χ1v) is 23.0. The Kier molecular flexibility index (Phi) is 20.7. The summed E-state index contributed by atoms with van der Waals surface area (Å²) in [7, 11) is 0. The van der Waals surface area contributed by atoms with Crippen LogP contribution in [-0.4, -0.2) is 28.7 Å². The lowest BCUT2D eigenvalue weighted by Gasteiger charge is -2.09. The molecule has 62 heavy (non-hydrogen) atoms. The van der Waals surface area contributed by atoms with Gasteiger partial charge in [-0.15, -0.1) is 0 Å². The Morgan fingerprint density at radius 3 is 1.37 bits per heavy atom. The maximum absolute atomic E-state index is 12.5. The van der Waals surface area contributed by atoms with E-state index in [-0.39, 0.29) is 17.2 Å². The van der Waals surface area contributed by atoms with Gasteiger partial charge in [0, 0.05) is 24.7 Å². The molecule has 0 bridgehead atoms. The molecule has 0 unspecified atom stereocenters. The highest BCUT2D eigenvalue weighted by Gasteiger charge is 2.07. The Bertz CT molecular complexity index is 2200. The van der Waals surface area contributed by atoms with E-state index in [1.807, 2.05) is 72.8 Å². The molecule has 9 heteroatoms. The van der Waals surface area contributed by atoms with E-state index < -0.39 is 0 Å². The predicted molar refractivity (Wildman–Crippen MR) is 249 cm³/mol. The number of carbonyl (C=O) groups excluding carboxylic acids is 1. The fourth-order valence-corrected chi connectivity index (χ4v) is 7.52. The Hall–Kier alpha value is -5.88. The van der Waals surface area contributed by atoms with E-state index in [1.54, 1.807) is 17.7 Å². The number of rotatable bonds is 29. The molecule has 5 aromatic rings. The van der Waals surface area contributed by atoms with Crippen LogP contribution in [0.25, 0.3) is 22.3 Å². The molecule has 0 saturated carbocycles. The largest absolute Gasteiger partial charge is 0.494 e. The number of nitrogens with one attached hydrogen (secondary N) is 1. The van der Waals surface area contributed by atoms with Crippen molar-refractivity contribution in [2.24, 2.45) is 0 Å². The normalized spacial score (nSPS) is 11.0. The van der Waals surface area contributed by atoms with Crippen molar-refractivity contribution in [1.82, 2.24) is 9.55 Å². The molecule has 0 amide bonds. The highest BCUT2D eigenvalue weighted by Crippen LogP contribution is 2.26. The topological polar surface area (TPSA) is 123 Å². The molecule has 0 radical (unpaired) electrons. The van der Waals surface area contributed by atoms with Gasteiger partial charge in [0.2, 0.25) is 0 Å². The number of aryl methyl sites for hydroxylation is 2. The number of aromatic nitrogens is 2. The van der Waals surface area contributed by atoms with Gasteiger partial charge < -0.3 is 18.8 Å². The Labute approximate surface area is 368 Å². The molecule has 0 spiro atoms. The molecule has 0 aliphatic carbocycles. The molecule has 4 aromatic carbocycles. The molecule has 328 valence electrons. The minimum Gasteiger partial charge on any atom is -0.494 e. The summed E-state index contributed by atoms with van der Waals surface area (Å²) in [6, 6.07) is 33.8. The van der Waals surface area contributed by atoms with Gasteiger partial charge >= 0.3 is 11.7 Å². The minimum atomic E-state index is -0.326. The molecular formula is C53H65N3O6. The molecule has 0 aliphatic rings. The number of aromatic amines is 1. The van der Waals surface area contributed by atoms with Crippen LogP contribution in [0, 0.1) is 18.3 Å². The fourth-order valence-electron chi connectivity index (χ4n) is 7.52. The average Bonchev–Trinajstić information content (AvgIpc) is 3.29. The monoisotopic (exact) mass is 839 g/mol. The van der Waals surface area contributed by atoms with Crippen LogP contribution in [-0.2, 0) is 11.3 Å². The third kappa shape index (κ3) is 17.2. The fraction of sp³-hybridized carbons (Fsp3) is 0.434. The standard InChI is InChI=1S/C53H65N3O6/c1-42-41-56(53(59)55-52(42)58)37-17-13-9-5-7-11-15-19-39-61-49-33-27-46(28-34-49)47-29-35-50(36-30-47)62-51(57)20-16-12-8-4-2-3-6-10-14-18-38-60-48-31-25-45(26-32-48)44-23-21-43(40-54)22-24-44/h21-36,41H,2-20,37-39H2,1H3,(H,55,58,59). The summed E-state index contributed by atoms with van der Waals surface area (Å²) >= 11 is 0. The van der Waals surface area contributed by atoms with Crippen LogP contribution in [0.5, 0.6) is 17.2 Å². The molecule has 0 saturated heterocycles. The Morgan fingerprint density at radius 1 is 0.532 bits per heavy atom. The van der Waals surface area contributed by atoms with E-state index >= 15 is 0 Å². The van der Waals surface area contributed by atoms with Crippen LogP contribution in [0.15, 0.2) is 113 Å². The summed E-state index contributed by atoms with van der Waals surface area (Å²) in [6.07, 6.45) is 22.5. The molecular weight excluding hydrogens is 775 g/mol. The van der Waals surface area contributed by atoms with E-state index in [0.29, 0.717) is 36.4 Å². The lowest BCUT2D eigenvalue weighted by Crippen LogP contribution is -2.30. The molecule has 0 fully saturated rings. The first kappa shape index (κ1) is 47.2. The van der Waals surface area contributed by atoms with Crippen molar-refractivity contribution >= 4 is 5.97 Å². The van der Waals surface area contributed by atoms with Crippen LogP contribution in [0.4, 0.5) is 0 Å². The summed E-state index contributed by atoms with van der Waals surface area (Å²) in [5, 5.41) is 8.98. The van der Waals surface area contributed by atoms with Gasteiger partial charge in [-0.2, -0.15) is 5.26 Å². The Balaban J connectivity index is 0.805. The van der Waals surface area contributed by atoms with Gasteiger partial charge in [-0.3, -0.25) is 14.6 Å². The second-order valence-corrected chi connectivity index (χ2v) is 16.3. The SMILES string of the molecule is Cc1cn(CCCCCCCCCCOc2ccc(-c3ccc(OC(=O)CCCCCCCCCCCCOc4ccc(-c5ccc(C#N)cc5)cc4)cc3)cc2)c(=O)[nH]c1=O. The maximum atomic E-state index is 12.5. The van der Waals surface area contributed by atoms with Crippen molar-refractivity contribution in [3.05, 3.63) is 135 Å². The highest BCUT2D eigenvalue weighted by atomic mass is 16.5. The van der Waals surface area contributed by atoms with Crippen molar-refractivity contribution in [2.45, 2.75) is 135 Å². The second kappa shape index (κ2) is 27.1. The van der Waals surface area contributed by atoms with Crippen LogP contribution in [0.1, 0.15) is 133 Å². The van der Waals surface area contributed by atoms with Crippen LogP contribution < -0.4 is 25.5 Å². The zero-order valence-electron chi connectivity index (χ0n) is 36.7. The molecule has 1 N–H and O–H groups in total. The molecule has 9 nitrogen and oxygen atoms in total. The second-order valence-electron chi connectivity index (χ2n) is 16.3. The molecule has 0 atom stereocenters. The lowest BCUT2D eigenvalue weighted by atomic mass is 10.0. The van der Waals surface area contributed by atoms with Gasteiger partial charge in [-0.25, -0.2) is 4.79 Å². The van der Waals surface area contributed by atoms with Crippen LogP contribution in [0.3, 0.4) is 0 Å². The van der Waals surface area contributed by atoms with Crippen molar-refractivity contribution in [1.29, 1.82) is 5.26 Å². The van der Waals surface area contributed by atoms with Crippen molar-refractivity contribution in [3.8, 4) is 45.6 Å². The number of unbranched alkanes of at least 4 members (excludes halogenated alkanes) is 16. The van der Waals surface area contributed by atoms with Gasteiger partial charge in [0.05, 0.1) is 24.8 Å². The number of ether oxygens (including phenoxy) is 3. The van der Waals surface area contributed by atoms with Gasteiger partial charge in [0.25, 0.3) is 5.56 Å². The zero-order valence-corrected chi connectivity index (χ0v) is 36.7. The third-order valence-electron chi connectivity index (χ3n) is 11.3. The average molecular weight is 840 g/mol. The third-order valence-corrected chi connectivity index (χ3v) is 11.3. The summed E-state index contributed by atoms with van der Waals surface area (Å²) in [6.45, 7) is 3.80. The molecule has 0 aliphatic heterocycles. The number of carbonyl (C=O) groups is 1. The van der Waals surface area contributed by atoms with Gasteiger partial charge in [-0.05, 0) is 103 Å². The number of benzene rings is 4. The number of H-pyrrole nitrogens is 1. The van der Waals surface area contributed by atoms with Gasteiger partial charge in [0.15, 0.2) is 0 Å². The number of hydrogen-bond donors (Lipinski definition) is 1. The molecule has 5 rings (SSSR count). The van der Waals surface area contributed by atoms with Crippen molar-refractivity contribution < 1.29 is 19.0 Å². The predicted octanol–water partition coefficient (Wildman–Crippen LogP) is 12.5. The maximum Gasteiger partial charge on any atom is 0.328 e. The summed E-state index contributed by atoms with van der Waals surface area (Å²) in [4.78, 5) is 38.2. The van der Waals surface area contributed by atoms with Gasteiger partial charge in [-0.1, -0.05) is 138 Å².